The molecule has 0 atom stereocenters. The van der Waals surface area contributed by atoms with Crippen LogP contribution in [-0.4, -0.2) is 19.1 Å². The van der Waals surface area contributed by atoms with Crippen LogP contribution in [0.15, 0.2) is 170 Å². The van der Waals surface area contributed by atoms with Crippen molar-refractivity contribution in [2.24, 2.45) is 0 Å². The average Bonchev–Trinajstić information content (AvgIpc) is 3.73. The lowest BCUT2D eigenvalue weighted by atomic mass is 9.94. The van der Waals surface area contributed by atoms with Crippen molar-refractivity contribution in [1.82, 2.24) is 19.1 Å². The summed E-state index contributed by atoms with van der Waals surface area (Å²) in [6.45, 7) is 0. The van der Waals surface area contributed by atoms with Crippen LogP contribution < -0.4 is 0 Å². The van der Waals surface area contributed by atoms with Gasteiger partial charge in [-0.15, -0.1) is 0 Å². The Morgan fingerprint density at radius 2 is 0.926 bits per heavy atom. The first kappa shape index (κ1) is 28.3. The van der Waals surface area contributed by atoms with Crippen molar-refractivity contribution in [3.8, 4) is 33.9 Å². The molecule has 0 fully saturated rings. The summed E-state index contributed by atoms with van der Waals surface area (Å²) < 4.78 is 4.88. The molecule has 0 N–H and O–H groups in total. The lowest BCUT2D eigenvalue weighted by molar-refractivity contribution is 1.08. The summed E-state index contributed by atoms with van der Waals surface area (Å²) >= 11 is 0. The normalized spacial score (nSPS) is 12.4. The molecule has 54 heavy (non-hydrogen) atoms. The second-order valence-electron chi connectivity index (χ2n) is 14.5. The fourth-order valence-corrected chi connectivity index (χ4v) is 9.68. The van der Waals surface area contributed by atoms with E-state index in [2.05, 4.69) is 173 Å². The number of para-hydroxylation sites is 3. The standard InChI is InChI=1S/C50H28N4/c1-2-15-30(16-3-1)53-40-25-11-20-33-34-21-12-26-41-44(34)47-45-35(27-28-42(53)46(45)43(33)40)32-18-6-7-19-37(32)49(47)54(41)50-48(51-38-23-8-9-24-39(38)52-50)36-22-10-14-29-13-4-5-17-31(29)36/h1-28H. The maximum absolute atomic E-state index is 5.57. The fourth-order valence-electron chi connectivity index (χ4n) is 9.68. The maximum atomic E-state index is 5.57. The molecule has 0 aliphatic heterocycles. The van der Waals surface area contributed by atoms with Crippen LogP contribution in [-0.2, 0) is 0 Å². The van der Waals surface area contributed by atoms with Gasteiger partial charge in [-0.1, -0.05) is 127 Å². The SMILES string of the molecule is c1ccc(-n2c3cccc4c3c3c5c(ccc32)c2ccccc2c2c5c3c-4cccc3n2-c2nc3ccccc3nc2-c2cccc3ccccc23)cc1. The summed E-state index contributed by atoms with van der Waals surface area (Å²) in [5.74, 6) is 0.833. The molecule has 248 valence electrons. The van der Waals surface area contributed by atoms with Gasteiger partial charge in [0, 0.05) is 43.6 Å². The number of benzene rings is 9. The first-order chi connectivity index (χ1) is 26.8. The summed E-state index contributed by atoms with van der Waals surface area (Å²) in [4.78, 5) is 11.0. The monoisotopic (exact) mass is 684 g/mol. The Hall–Kier alpha value is -7.30. The second-order valence-corrected chi connectivity index (χ2v) is 14.5. The summed E-state index contributed by atoms with van der Waals surface area (Å²) in [7, 11) is 0. The molecule has 0 saturated carbocycles. The summed E-state index contributed by atoms with van der Waals surface area (Å²) in [5.41, 5.74) is 12.1. The highest BCUT2D eigenvalue weighted by molar-refractivity contribution is 6.43. The molecule has 0 bridgehead atoms. The number of aromatic nitrogens is 4. The molecule has 13 rings (SSSR count). The molecule has 1 aliphatic carbocycles. The van der Waals surface area contributed by atoms with Crippen LogP contribution in [0, 0.1) is 0 Å². The van der Waals surface area contributed by atoms with E-state index in [0.29, 0.717) is 0 Å². The zero-order valence-corrected chi connectivity index (χ0v) is 29.0. The largest absolute Gasteiger partial charge is 0.309 e. The minimum absolute atomic E-state index is 0.833. The number of rotatable bonds is 3. The molecule has 0 unspecified atom stereocenters. The number of hydrogen-bond acceptors (Lipinski definition) is 2. The van der Waals surface area contributed by atoms with Gasteiger partial charge in [0.2, 0.25) is 0 Å². The van der Waals surface area contributed by atoms with E-state index in [-0.39, 0.29) is 0 Å². The third kappa shape index (κ3) is 3.48. The van der Waals surface area contributed by atoms with Crippen molar-refractivity contribution in [1.29, 1.82) is 0 Å². The molecule has 0 amide bonds. The average molecular weight is 685 g/mol. The van der Waals surface area contributed by atoms with Crippen molar-refractivity contribution in [3.63, 3.8) is 0 Å². The van der Waals surface area contributed by atoms with E-state index in [1.165, 1.54) is 70.6 Å². The molecular formula is C50H28N4. The molecular weight excluding hydrogens is 657 g/mol. The number of hydrogen-bond donors (Lipinski definition) is 0. The van der Waals surface area contributed by atoms with Crippen LogP contribution in [0.3, 0.4) is 0 Å². The van der Waals surface area contributed by atoms with Gasteiger partial charge < -0.3 is 4.57 Å². The van der Waals surface area contributed by atoms with Crippen LogP contribution in [0.25, 0.3) is 121 Å². The Kier molecular flexibility index (Phi) is 5.34. The number of fused-ring (bicyclic) bond motifs is 6. The van der Waals surface area contributed by atoms with Crippen LogP contribution in [0.4, 0.5) is 0 Å². The maximum Gasteiger partial charge on any atom is 0.165 e. The molecule has 3 aromatic heterocycles. The Labute approximate surface area is 308 Å². The Morgan fingerprint density at radius 3 is 1.74 bits per heavy atom. The molecule has 12 aromatic rings. The molecule has 0 radical (unpaired) electrons. The summed E-state index contributed by atoms with van der Waals surface area (Å²) in [6, 6.07) is 61.4. The lowest BCUT2D eigenvalue weighted by Gasteiger charge is -2.17. The van der Waals surface area contributed by atoms with Gasteiger partial charge >= 0.3 is 0 Å². The predicted molar refractivity (Wildman–Crippen MR) is 225 cm³/mol. The third-order valence-corrected chi connectivity index (χ3v) is 11.8. The molecule has 4 heteroatoms. The molecule has 9 aromatic carbocycles. The minimum Gasteiger partial charge on any atom is -0.309 e. The quantitative estimate of drug-likeness (QED) is 0.174. The van der Waals surface area contributed by atoms with E-state index in [9.17, 15) is 0 Å². The highest BCUT2D eigenvalue weighted by atomic mass is 15.1. The van der Waals surface area contributed by atoms with Crippen LogP contribution >= 0.6 is 0 Å². The predicted octanol–water partition coefficient (Wildman–Crippen LogP) is 12.9. The highest BCUT2D eigenvalue weighted by Crippen LogP contribution is 2.53. The van der Waals surface area contributed by atoms with Gasteiger partial charge in [0.15, 0.2) is 5.82 Å². The van der Waals surface area contributed by atoms with Crippen molar-refractivity contribution < 1.29 is 0 Å². The minimum atomic E-state index is 0.833. The van der Waals surface area contributed by atoms with Gasteiger partial charge in [0.1, 0.15) is 5.69 Å². The van der Waals surface area contributed by atoms with Crippen molar-refractivity contribution in [2.45, 2.75) is 0 Å². The van der Waals surface area contributed by atoms with Crippen LogP contribution in [0.2, 0.25) is 0 Å². The van der Waals surface area contributed by atoms with E-state index < -0.39 is 0 Å². The van der Waals surface area contributed by atoms with Gasteiger partial charge in [-0.2, -0.15) is 0 Å². The first-order valence-electron chi connectivity index (χ1n) is 18.5. The van der Waals surface area contributed by atoms with Crippen molar-refractivity contribution >= 4 is 87.0 Å². The van der Waals surface area contributed by atoms with Gasteiger partial charge in [0.05, 0.1) is 33.1 Å². The van der Waals surface area contributed by atoms with E-state index in [4.69, 9.17) is 9.97 Å². The smallest absolute Gasteiger partial charge is 0.165 e. The summed E-state index contributed by atoms with van der Waals surface area (Å²) in [6.07, 6.45) is 0. The number of nitrogens with zero attached hydrogens (tertiary/aromatic N) is 4. The van der Waals surface area contributed by atoms with Gasteiger partial charge in [-0.3, -0.25) is 4.57 Å². The fraction of sp³-hybridized carbons (Fsp3) is 0. The van der Waals surface area contributed by atoms with Gasteiger partial charge in [0.25, 0.3) is 0 Å². The lowest BCUT2D eigenvalue weighted by Crippen LogP contribution is -2.04. The topological polar surface area (TPSA) is 35.6 Å². The van der Waals surface area contributed by atoms with E-state index in [1.807, 2.05) is 6.07 Å². The molecule has 0 saturated heterocycles. The molecule has 1 aliphatic rings. The van der Waals surface area contributed by atoms with E-state index >= 15 is 0 Å². The van der Waals surface area contributed by atoms with Gasteiger partial charge in [-0.25, -0.2) is 9.97 Å². The van der Waals surface area contributed by atoms with E-state index in [0.717, 1.165) is 50.2 Å². The summed E-state index contributed by atoms with van der Waals surface area (Å²) in [5, 5.41) is 12.4. The first-order valence-corrected chi connectivity index (χ1v) is 18.5. The molecule has 4 nitrogen and oxygen atoms in total. The molecule has 0 spiro atoms. The Bertz CT molecular complexity index is 3600. The Balaban J connectivity index is 1.31. The third-order valence-electron chi connectivity index (χ3n) is 11.8. The van der Waals surface area contributed by atoms with Crippen molar-refractivity contribution in [3.05, 3.63) is 170 Å². The second kappa shape index (κ2) is 10.2. The van der Waals surface area contributed by atoms with Crippen molar-refractivity contribution in [2.75, 3.05) is 0 Å². The highest BCUT2D eigenvalue weighted by Gasteiger charge is 2.30. The molecule has 3 heterocycles. The van der Waals surface area contributed by atoms with Gasteiger partial charge in [-0.05, 0) is 75.1 Å². The van der Waals surface area contributed by atoms with Crippen LogP contribution in [0.5, 0.6) is 0 Å². The van der Waals surface area contributed by atoms with Crippen LogP contribution in [0.1, 0.15) is 0 Å². The zero-order chi connectivity index (χ0) is 35.1. The zero-order valence-electron chi connectivity index (χ0n) is 29.0. The Morgan fingerprint density at radius 1 is 0.333 bits per heavy atom. The van der Waals surface area contributed by atoms with E-state index in [1.54, 1.807) is 0 Å².